The van der Waals surface area contributed by atoms with Crippen LogP contribution in [0.15, 0.2) is 30.3 Å². The quantitative estimate of drug-likeness (QED) is 0.686. The van der Waals surface area contributed by atoms with E-state index in [-0.39, 0.29) is 16.9 Å². The van der Waals surface area contributed by atoms with Crippen LogP contribution in [0.2, 0.25) is 0 Å². The molecule has 1 aromatic carbocycles. The van der Waals surface area contributed by atoms with Crippen LogP contribution < -0.4 is 5.32 Å². The second kappa shape index (κ2) is 9.09. The van der Waals surface area contributed by atoms with Crippen molar-refractivity contribution in [1.82, 2.24) is 14.2 Å². The van der Waals surface area contributed by atoms with Crippen molar-refractivity contribution in [1.29, 1.82) is 0 Å². The highest BCUT2D eigenvalue weighted by atomic mass is 32.2. The molecule has 0 atom stereocenters. The van der Waals surface area contributed by atoms with Crippen molar-refractivity contribution >= 4 is 32.4 Å². The summed E-state index contributed by atoms with van der Waals surface area (Å²) >= 11 is 1.50. The Kier molecular flexibility index (Phi) is 6.70. The van der Waals surface area contributed by atoms with Crippen LogP contribution in [0, 0.1) is 12.3 Å². The van der Waals surface area contributed by atoms with E-state index >= 15 is 0 Å². The zero-order valence-corrected chi connectivity index (χ0v) is 21.6. The fourth-order valence-electron chi connectivity index (χ4n) is 5.13. The van der Waals surface area contributed by atoms with Crippen LogP contribution in [0.3, 0.4) is 0 Å². The number of carbonyl (C=O) groups is 1. The SMILES string of the molecule is Cc1sc(NC(=O)CN2CCC3(CC2)CCC(C)(C)N(S(C)(=O)=O)C3)nc1-c1ccccc1. The molecule has 0 bridgehead atoms. The monoisotopic (exact) mass is 490 g/mol. The van der Waals surface area contributed by atoms with Gasteiger partial charge in [0.2, 0.25) is 15.9 Å². The first kappa shape index (κ1) is 24.3. The molecule has 4 rings (SSSR count). The second-order valence-corrected chi connectivity index (χ2v) is 13.3. The Bertz CT molecular complexity index is 1100. The molecule has 2 saturated heterocycles. The lowest BCUT2D eigenvalue weighted by Crippen LogP contribution is -2.58. The molecule has 1 amide bonds. The summed E-state index contributed by atoms with van der Waals surface area (Å²) < 4.78 is 26.5. The number of piperidine rings is 2. The lowest BCUT2D eigenvalue weighted by atomic mass is 9.69. The minimum absolute atomic E-state index is 0.0164. The zero-order valence-electron chi connectivity index (χ0n) is 19.9. The Hall–Kier alpha value is -1.81. The van der Waals surface area contributed by atoms with E-state index in [4.69, 9.17) is 0 Å². The number of sulfonamides is 1. The molecule has 1 spiro atoms. The maximum absolute atomic E-state index is 12.7. The summed E-state index contributed by atoms with van der Waals surface area (Å²) in [5.41, 5.74) is 1.64. The molecule has 0 unspecified atom stereocenters. The van der Waals surface area contributed by atoms with Gasteiger partial charge in [-0.2, -0.15) is 4.31 Å². The van der Waals surface area contributed by atoms with E-state index in [1.807, 2.05) is 51.1 Å². The third-order valence-corrected chi connectivity index (χ3v) is 9.51. The van der Waals surface area contributed by atoms with E-state index in [0.717, 1.165) is 54.9 Å². The number of likely N-dealkylation sites (tertiary alicyclic amines) is 1. The molecule has 0 saturated carbocycles. The molecular weight excluding hydrogens is 456 g/mol. The number of nitrogens with one attached hydrogen (secondary N) is 1. The predicted molar refractivity (Wildman–Crippen MR) is 134 cm³/mol. The van der Waals surface area contributed by atoms with Crippen LogP contribution in [0.4, 0.5) is 5.13 Å². The third-order valence-electron chi connectivity index (χ3n) is 7.20. The number of hydrogen-bond acceptors (Lipinski definition) is 6. The van der Waals surface area contributed by atoms with E-state index in [9.17, 15) is 13.2 Å². The minimum atomic E-state index is -3.25. The molecule has 3 heterocycles. The smallest absolute Gasteiger partial charge is 0.240 e. The van der Waals surface area contributed by atoms with Gasteiger partial charge in [0.05, 0.1) is 18.5 Å². The van der Waals surface area contributed by atoms with Crippen LogP contribution in [-0.2, 0) is 14.8 Å². The number of rotatable bonds is 5. The van der Waals surface area contributed by atoms with Gasteiger partial charge in [-0.3, -0.25) is 9.69 Å². The number of aromatic nitrogens is 1. The van der Waals surface area contributed by atoms with Gasteiger partial charge in [0.1, 0.15) is 0 Å². The van der Waals surface area contributed by atoms with E-state index in [1.165, 1.54) is 17.6 Å². The van der Waals surface area contributed by atoms with Crippen LogP contribution in [0.1, 0.15) is 44.4 Å². The molecule has 1 N–H and O–H groups in total. The van der Waals surface area contributed by atoms with Crippen LogP contribution in [0.25, 0.3) is 11.3 Å². The molecule has 2 aromatic rings. The van der Waals surface area contributed by atoms with Gasteiger partial charge in [-0.1, -0.05) is 30.3 Å². The first-order valence-electron chi connectivity index (χ1n) is 11.5. The highest BCUT2D eigenvalue weighted by Crippen LogP contribution is 2.45. The van der Waals surface area contributed by atoms with E-state index in [1.54, 1.807) is 4.31 Å². The number of nitrogens with zero attached hydrogens (tertiary/aromatic N) is 3. The lowest BCUT2D eigenvalue weighted by Gasteiger charge is -2.52. The Balaban J connectivity index is 1.33. The van der Waals surface area contributed by atoms with Gasteiger partial charge in [-0.15, -0.1) is 11.3 Å². The van der Waals surface area contributed by atoms with Crippen LogP contribution in [-0.4, -0.2) is 66.5 Å². The molecule has 2 fully saturated rings. The fourth-order valence-corrected chi connectivity index (χ4v) is 7.48. The Morgan fingerprint density at radius 2 is 1.79 bits per heavy atom. The normalized spacial score (nSPS) is 21.2. The number of hydrogen-bond donors (Lipinski definition) is 1. The zero-order chi connectivity index (χ0) is 23.9. The highest BCUT2D eigenvalue weighted by Gasteiger charge is 2.47. The van der Waals surface area contributed by atoms with Crippen LogP contribution >= 0.6 is 11.3 Å². The standard InChI is InChI=1S/C24H34N4O3S2/c1-18-21(19-8-6-5-7-9-19)26-22(32-18)25-20(29)16-27-14-12-24(13-15-27)11-10-23(2,3)28(17-24)33(4,30)31/h5-9H,10-17H2,1-4H3,(H,25,26,29). The van der Waals surface area contributed by atoms with Crippen molar-refractivity contribution in [2.24, 2.45) is 5.41 Å². The molecule has 2 aliphatic heterocycles. The predicted octanol–water partition coefficient (Wildman–Crippen LogP) is 3.97. The van der Waals surface area contributed by atoms with Crippen molar-refractivity contribution in [2.75, 3.05) is 37.8 Å². The second-order valence-electron chi connectivity index (χ2n) is 10.2. The van der Waals surface area contributed by atoms with Gasteiger partial charge in [-0.25, -0.2) is 13.4 Å². The summed E-state index contributed by atoms with van der Waals surface area (Å²) in [5.74, 6) is -0.0538. The van der Waals surface area contributed by atoms with Gasteiger partial charge in [0.25, 0.3) is 0 Å². The van der Waals surface area contributed by atoms with Crippen LogP contribution in [0.5, 0.6) is 0 Å². The molecule has 9 heteroatoms. The van der Waals surface area contributed by atoms with Crippen molar-refractivity contribution in [2.45, 2.75) is 52.0 Å². The lowest BCUT2D eigenvalue weighted by molar-refractivity contribution is -0.118. The van der Waals surface area contributed by atoms with Crippen molar-refractivity contribution < 1.29 is 13.2 Å². The molecule has 180 valence electrons. The number of aryl methyl sites for hydroxylation is 1. The summed E-state index contributed by atoms with van der Waals surface area (Å²) in [5, 5.41) is 3.60. The molecule has 7 nitrogen and oxygen atoms in total. The number of carbonyl (C=O) groups excluding carboxylic acids is 1. The first-order valence-corrected chi connectivity index (χ1v) is 14.2. The van der Waals surface area contributed by atoms with Crippen molar-refractivity contribution in [3.63, 3.8) is 0 Å². The number of thiazole rings is 1. The van der Waals surface area contributed by atoms with E-state index in [2.05, 4.69) is 15.2 Å². The van der Waals surface area contributed by atoms with Gasteiger partial charge in [-0.05, 0) is 65.0 Å². The van der Waals surface area contributed by atoms with Gasteiger partial charge in [0.15, 0.2) is 5.13 Å². The summed E-state index contributed by atoms with van der Waals surface area (Å²) in [6.45, 7) is 8.57. The Morgan fingerprint density at radius 1 is 1.12 bits per heavy atom. The topological polar surface area (TPSA) is 82.6 Å². The molecule has 0 radical (unpaired) electrons. The van der Waals surface area contributed by atoms with Crippen molar-refractivity contribution in [3.05, 3.63) is 35.2 Å². The minimum Gasteiger partial charge on any atom is -0.301 e. The number of amides is 1. The summed E-state index contributed by atoms with van der Waals surface area (Å²) in [7, 11) is -3.25. The van der Waals surface area contributed by atoms with Gasteiger partial charge >= 0.3 is 0 Å². The Labute approximate surface area is 201 Å². The fraction of sp³-hybridized carbons (Fsp3) is 0.583. The molecular formula is C24H34N4O3S2. The summed E-state index contributed by atoms with van der Waals surface area (Å²) in [4.78, 5) is 20.6. The molecule has 33 heavy (non-hydrogen) atoms. The number of anilines is 1. The average molecular weight is 491 g/mol. The summed E-state index contributed by atoms with van der Waals surface area (Å²) in [6.07, 6.45) is 5.05. The average Bonchev–Trinajstić information content (AvgIpc) is 3.11. The van der Waals surface area contributed by atoms with E-state index < -0.39 is 10.0 Å². The van der Waals surface area contributed by atoms with Gasteiger partial charge in [0, 0.05) is 22.5 Å². The van der Waals surface area contributed by atoms with Crippen molar-refractivity contribution in [3.8, 4) is 11.3 Å². The largest absolute Gasteiger partial charge is 0.301 e. The van der Waals surface area contributed by atoms with E-state index in [0.29, 0.717) is 18.2 Å². The molecule has 2 aliphatic rings. The maximum atomic E-state index is 12.7. The third kappa shape index (κ3) is 5.48. The first-order chi connectivity index (χ1) is 15.5. The molecule has 1 aromatic heterocycles. The van der Waals surface area contributed by atoms with Gasteiger partial charge < -0.3 is 5.32 Å². The summed E-state index contributed by atoms with van der Waals surface area (Å²) in [6, 6.07) is 9.99. The maximum Gasteiger partial charge on any atom is 0.240 e. The number of benzene rings is 1. The Morgan fingerprint density at radius 3 is 2.42 bits per heavy atom. The molecule has 0 aliphatic carbocycles. The highest BCUT2D eigenvalue weighted by molar-refractivity contribution is 7.88.